The SMILES string of the molecule is CCSC(C)C/C=C/C(C)=NC. The van der Waals surface area contributed by atoms with Gasteiger partial charge in [-0.3, -0.25) is 4.99 Å². The van der Waals surface area contributed by atoms with Crippen LogP contribution in [-0.4, -0.2) is 23.8 Å². The first kappa shape index (κ1) is 11.8. The molecule has 0 aromatic heterocycles. The molecule has 70 valence electrons. The maximum atomic E-state index is 4.05. The van der Waals surface area contributed by atoms with Gasteiger partial charge in [0.1, 0.15) is 0 Å². The van der Waals surface area contributed by atoms with Crippen molar-refractivity contribution in [1.82, 2.24) is 0 Å². The molecule has 2 heteroatoms. The van der Waals surface area contributed by atoms with Crippen molar-refractivity contribution in [2.24, 2.45) is 4.99 Å². The second kappa shape index (κ2) is 7.41. The first-order chi connectivity index (χ1) is 5.70. The minimum atomic E-state index is 0.732. The molecule has 0 N–H and O–H groups in total. The lowest BCUT2D eigenvalue weighted by atomic mass is 10.3. The van der Waals surface area contributed by atoms with Crippen molar-refractivity contribution in [3.05, 3.63) is 12.2 Å². The molecule has 0 amide bonds. The van der Waals surface area contributed by atoms with Gasteiger partial charge < -0.3 is 0 Å². The predicted octanol–water partition coefficient (Wildman–Crippen LogP) is 3.17. The number of thioether (sulfide) groups is 1. The van der Waals surface area contributed by atoms with Crippen LogP contribution in [0.25, 0.3) is 0 Å². The van der Waals surface area contributed by atoms with Gasteiger partial charge in [-0.25, -0.2) is 0 Å². The molecule has 0 aliphatic carbocycles. The van der Waals surface area contributed by atoms with Gasteiger partial charge in [0.25, 0.3) is 0 Å². The fourth-order valence-corrected chi connectivity index (χ4v) is 1.67. The summed E-state index contributed by atoms with van der Waals surface area (Å²) in [6.45, 7) is 6.48. The van der Waals surface area contributed by atoms with Gasteiger partial charge in [0.2, 0.25) is 0 Å². The zero-order valence-corrected chi connectivity index (χ0v) is 9.32. The third-order valence-corrected chi connectivity index (χ3v) is 2.73. The van der Waals surface area contributed by atoms with E-state index in [0.717, 1.165) is 17.4 Å². The number of hydrogen-bond acceptors (Lipinski definition) is 2. The summed E-state index contributed by atoms with van der Waals surface area (Å²) in [5.74, 6) is 1.20. The average molecular weight is 185 g/mol. The fraction of sp³-hybridized carbons (Fsp3) is 0.700. The number of rotatable bonds is 5. The molecule has 0 aliphatic rings. The predicted molar refractivity (Wildman–Crippen MR) is 60.4 cm³/mol. The molecule has 0 aliphatic heterocycles. The Balaban J connectivity index is 3.59. The van der Waals surface area contributed by atoms with E-state index < -0.39 is 0 Å². The lowest BCUT2D eigenvalue weighted by Gasteiger charge is -2.04. The van der Waals surface area contributed by atoms with Crippen LogP contribution in [0.2, 0.25) is 0 Å². The molecule has 0 radical (unpaired) electrons. The van der Waals surface area contributed by atoms with Crippen molar-refractivity contribution in [2.45, 2.75) is 32.4 Å². The van der Waals surface area contributed by atoms with Crippen LogP contribution in [0.15, 0.2) is 17.1 Å². The zero-order chi connectivity index (χ0) is 9.40. The van der Waals surface area contributed by atoms with E-state index in [1.807, 2.05) is 25.7 Å². The van der Waals surface area contributed by atoms with Gasteiger partial charge in [0, 0.05) is 18.0 Å². The molecule has 0 rings (SSSR count). The number of allylic oxidation sites excluding steroid dienone is 2. The van der Waals surface area contributed by atoms with Crippen molar-refractivity contribution in [1.29, 1.82) is 0 Å². The molecule has 0 saturated heterocycles. The van der Waals surface area contributed by atoms with Crippen LogP contribution in [0.5, 0.6) is 0 Å². The highest BCUT2D eigenvalue weighted by Gasteiger charge is 1.96. The van der Waals surface area contributed by atoms with E-state index in [9.17, 15) is 0 Å². The van der Waals surface area contributed by atoms with Crippen molar-refractivity contribution < 1.29 is 0 Å². The highest BCUT2D eigenvalue weighted by molar-refractivity contribution is 7.99. The summed E-state index contributed by atoms with van der Waals surface area (Å²) in [6.07, 6.45) is 5.44. The largest absolute Gasteiger partial charge is 0.293 e. The summed E-state index contributed by atoms with van der Waals surface area (Å²) in [5.41, 5.74) is 1.10. The Morgan fingerprint density at radius 1 is 1.58 bits per heavy atom. The lowest BCUT2D eigenvalue weighted by Crippen LogP contribution is -1.94. The lowest BCUT2D eigenvalue weighted by molar-refractivity contribution is 0.981. The maximum Gasteiger partial charge on any atom is 0.0310 e. The van der Waals surface area contributed by atoms with Crippen molar-refractivity contribution in [3.63, 3.8) is 0 Å². The molecule has 0 aromatic carbocycles. The van der Waals surface area contributed by atoms with Crippen molar-refractivity contribution in [3.8, 4) is 0 Å². The molecular formula is C10H19NS. The summed E-state index contributed by atoms with van der Waals surface area (Å²) in [4.78, 5) is 4.05. The molecule has 0 spiro atoms. The van der Waals surface area contributed by atoms with E-state index >= 15 is 0 Å². The summed E-state index contributed by atoms with van der Waals surface area (Å²) in [5, 5.41) is 0.732. The minimum Gasteiger partial charge on any atom is -0.293 e. The highest BCUT2D eigenvalue weighted by atomic mass is 32.2. The Morgan fingerprint density at radius 3 is 2.75 bits per heavy atom. The molecular weight excluding hydrogens is 166 g/mol. The molecule has 12 heavy (non-hydrogen) atoms. The molecule has 0 bridgehead atoms. The fourth-order valence-electron chi connectivity index (χ4n) is 0.857. The highest BCUT2D eigenvalue weighted by Crippen LogP contribution is 2.13. The molecule has 1 unspecified atom stereocenters. The Morgan fingerprint density at radius 2 is 2.25 bits per heavy atom. The van der Waals surface area contributed by atoms with E-state index in [1.54, 1.807) is 0 Å². The topological polar surface area (TPSA) is 12.4 Å². The second-order valence-electron chi connectivity index (χ2n) is 2.77. The van der Waals surface area contributed by atoms with E-state index in [0.29, 0.717) is 0 Å². The van der Waals surface area contributed by atoms with Gasteiger partial charge in [-0.15, -0.1) is 0 Å². The maximum absolute atomic E-state index is 4.05. The van der Waals surface area contributed by atoms with Crippen molar-refractivity contribution in [2.75, 3.05) is 12.8 Å². The third kappa shape index (κ3) is 6.47. The Kier molecular flexibility index (Phi) is 7.26. The Labute approximate surface area is 80.4 Å². The standard InChI is InChI=1S/C10H19NS/c1-5-12-10(3)8-6-7-9(2)11-4/h6-7,10H,5,8H2,1-4H3/b7-6+,11-9?. The number of hydrogen-bond donors (Lipinski definition) is 0. The molecule has 0 heterocycles. The van der Waals surface area contributed by atoms with Gasteiger partial charge in [-0.05, 0) is 25.2 Å². The van der Waals surface area contributed by atoms with Gasteiger partial charge in [0.15, 0.2) is 0 Å². The summed E-state index contributed by atoms with van der Waals surface area (Å²) in [6, 6.07) is 0. The van der Waals surface area contributed by atoms with Gasteiger partial charge in [0.05, 0.1) is 0 Å². The van der Waals surface area contributed by atoms with E-state index in [4.69, 9.17) is 0 Å². The van der Waals surface area contributed by atoms with Crippen LogP contribution < -0.4 is 0 Å². The molecule has 0 fully saturated rings. The van der Waals surface area contributed by atoms with Gasteiger partial charge in [-0.2, -0.15) is 11.8 Å². The van der Waals surface area contributed by atoms with Crippen LogP contribution in [0, 0.1) is 0 Å². The van der Waals surface area contributed by atoms with Gasteiger partial charge >= 0.3 is 0 Å². The van der Waals surface area contributed by atoms with E-state index in [-0.39, 0.29) is 0 Å². The van der Waals surface area contributed by atoms with Crippen molar-refractivity contribution >= 4 is 17.5 Å². The first-order valence-electron chi connectivity index (χ1n) is 4.42. The average Bonchev–Trinajstić information content (AvgIpc) is 2.04. The monoisotopic (exact) mass is 185 g/mol. The first-order valence-corrected chi connectivity index (χ1v) is 5.47. The molecule has 0 aromatic rings. The van der Waals surface area contributed by atoms with E-state index in [1.165, 1.54) is 5.75 Å². The second-order valence-corrected chi connectivity index (χ2v) is 4.48. The Hall–Kier alpha value is -0.240. The van der Waals surface area contributed by atoms with Crippen LogP contribution in [-0.2, 0) is 0 Å². The number of nitrogens with zero attached hydrogens (tertiary/aromatic N) is 1. The minimum absolute atomic E-state index is 0.732. The summed E-state index contributed by atoms with van der Waals surface area (Å²) in [7, 11) is 1.82. The van der Waals surface area contributed by atoms with Crippen LogP contribution in [0.3, 0.4) is 0 Å². The van der Waals surface area contributed by atoms with Crippen LogP contribution in [0.1, 0.15) is 27.2 Å². The third-order valence-electron chi connectivity index (χ3n) is 1.63. The van der Waals surface area contributed by atoms with Crippen LogP contribution in [0.4, 0.5) is 0 Å². The van der Waals surface area contributed by atoms with Gasteiger partial charge in [-0.1, -0.05) is 19.9 Å². The summed E-state index contributed by atoms with van der Waals surface area (Å²) >= 11 is 2.00. The number of aliphatic imine (C=N–C) groups is 1. The van der Waals surface area contributed by atoms with E-state index in [2.05, 4.69) is 31.0 Å². The molecule has 1 nitrogen and oxygen atoms in total. The molecule has 1 atom stereocenters. The smallest absolute Gasteiger partial charge is 0.0310 e. The summed E-state index contributed by atoms with van der Waals surface area (Å²) < 4.78 is 0. The quantitative estimate of drug-likeness (QED) is 0.599. The zero-order valence-electron chi connectivity index (χ0n) is 8.50. The van der Waals surface area contributed by atoms with Crippen LogP contribution >= 0.6 is 11.8 Å². The Bertz CT molecular complexity index is 161. The normalized spacial score (nSPS) is 15.5. The molecule has 0 saturated carbocycles.